The van der Waals surface area contributed by atoms with Crippen LogP contribution in [0.1, 0.15) is 12.7 Å². The molecule has 9 heteroatoms. The number of piperazine rings is 1. The molecule has 0 spiro atoms. The van der Waals surface area contributed by atoms with Crippen LogP contribution in [0.2, 0.25) is 0 Å². The smallest absolute Gasteiger partial charge is 0.269 e. The van der Waals surface area contributed by atoms with Gasteiger partial charge in [0, 0.05) is 38.8 Å². The Morgan fingerprint density at radius 2 is 2.00 bits per heavy atom. The van der Waals surface area contributed by atoms with Gasteiger partial charge in [0.1, 0.15) is 17.2 Å². The van der Waals surface area contributed by atoms with E-state index < -0.39 is 15.8 Å². The highest BCUT2D eigenvalue weighted by atomic mass is 32.2. The van der Waals surface area contributed by atoms with Gasteiger partial charge in [-0.1, -0.05) is 13.0 Å². The number of nitrogens with zero attached hydrogens (tertiary/aromatic N) is 4. The molecule has 142 valence electrons. The summed E-state index contributed by atoms with van der Waals surface area (Å²) in [5.74, 6) is 0.484. The van der Waals surface area contributed by atoms with Crippen molar-refractivity contribution in [1.29, 1.82) is 0 Å². The fraction of sp³-hybridized carbons (Fsp3) is 0.333. The molecule has 1 aliphatic rings. The van der Waals surface area contributed by atoms with E-state index in [4.69, 9.17) is 0 Å². The SMILES string of the molecule is CCc1nc2c(N3CCNCC3)nccc2n1S(=O)(=O)c1cccc(F)c1. The van der Waals surface area contributed by atoms with E-state index in [2.05, 4.69) is 20.2 Å². The van der Waals surface area contributed by atoms with Gasteiger partial charge in [0.25, 0.3) is 10.0 Å². The van der Waals surface area contributed by atoms with Crippen LogP contribution in [0.3, 0.4) is 0 Å². The Morgan fingerprint density at radius 3 is 2.70 bits per heavy atom. The number of aromatic nitrogens is 3. The Morgan fingerprint density at radius 1 is 1.22 bits per heavy atom. The van der Waals surface area contributed by atoms with Crippen molar-refractivity contribution in [2.24, 2.45) is 0 Å². The highest BCUT2D eigenvalue weighted by Gasteiger charge is 2.26. The molecule has 0 unspecified atom stereocenters. The van der Waals surface area contributed by atoms with Crippen LogP contribution in [0.15, 0.2) is 41.4 Å². The van der Waals surface area contributed by atoms with E-state index in [1.165, 1.54) is 22.2 Å². The number of fused-ring (bicyclic) bond motifs is 1. The molecule has 3 aromatic rings. The average molecular weight is 389 g/mol. The number of aryl methyl sites for hydroxylation is 1. The summed E-state index contributed by atoms with van der Waals surface area (Å²) in [6, 6.07) is 6.67. The second-order valence-corrected chi connectivity index (χ2v) is 8.13. The van der Waals surface area contributed by atoms with Crippen molar-refractivity contribution in [3.8, 4) is 0 Å². The van der Waals surface area contributed by atoms with Crippen molar-refractivity contribution in [2.45, 2.75) is 18.2 Å². The Bertz CT molecular complexity index is 1090. The molecule has 0 aliphatic carbocycles. The number of benzene rings is 1. The average Bonchev–Trinajstić information content (AvgIpc) is 3.08. The van der Waals surface area contributed by atoms with Gasteiger partial charge in [-0.25, -0.2) is 26.7 Å². The molecule has 2 aromatic heterocycles. The van der Waals surface area contributed by atoms with Gasteiger partial charge in [-0.15, -0.1) is 0 Å². The molecule has 1 aliphatic heterocycles. The molecule has 27 heavy (non-hydrogen) atoms. The lowest BCUT2D eigenvalue weighted by Crippen LogP contribution is -2.44. The molecule has 0 radical (unpaired) electrons. The van der Waals surface area contributed by atoms with Crippen molar-refractivity contribution in [3.05, 3.63) is 48.2 Å². The summed E-state index contributed by atoms with van der Waals surface area (Å²) in [4.78, 5) is 11.0. The first-order valence-electron chi connectivity index (χ1n) is 8.85. The molecule has 0 atom stereocenters. The number of hydrogen-bond donors (Lipinski definition) is 1. The van der Waals surface area contributed by atoms with E-state index in [9.17, 15) is 12.8 Å². The first kappa shape index (κ1) is 17.9. The van der Waals surface area contributed by atoms with E-state index >= 15 is 0 Å². The highest BCUT2D eigenvalue weighted by molar-refractivity contribution is 7.90. The number of imidazole rings is 1. The van der Waals surface area contributed by atoms with Gasteiger partial charge in [0.2, 0.25) is 0 Å². The van der Waals surface area contributed by atoms with Gasteiger partial charge in [-0.05, 0) is 24.3 Å². The van der Waals surface area contributed by atoms with Crippen molar-refractivity contribution in [1.82, 2.24) is 19.3 Å². The summed E-state index contributed by atoms with van der Waals surface area (Å²) < 4.78 is 41.3. The van der Waals surface area contributed by atoms with E-state index in [0.29, 0.717) is 29.1 Å². The molecular weight excluding hydrogens is 369 g/mol. The van der Waals surface area contributed by atoms with Crippen molar-refractivity contribution < 1.29 is 12.8 Å². The fourth-order valence-electron chi connectivity index (χ4n) is 3.35. The Balaban J connectivity index is 1.93. The van der Waals surface area contributed by atoms with Crippen LogP contribution in [0.25, 0.3) is 11.0 Å². The largest absolute Gasteiger partial charge is 0.352 e. The molecule has 1 saturated heterocycles. The zero-order chi connectivity index (χ0) is 19.0. The first-order chi connectivity index (χ1) is 13.0. The lowest BCUT2D eigenvalue weighted by molar-refractivity contribution is 0.582. The normalized spacial score (nSPS) is 15.4. The molecule has 1 N–H and O–H groups in total. The predicted molar refractivity (Wildman–Crippen MR) is 101 cm³/mol. The molecular formula is C18H20FN5O2S. The quantitative estimate of drug-likeness (QED) is 0.733. The lowest BCUT2D eigenvalue weighted by Gasteiger charge is -2.28. The first-order valence-corrected chi connectivity index (χ1v) is 10.3. The van der Waals surface area contributed by atoms with Crippen LogP contribution in [-0.2, 0) is 16.4 Å². The minimum Gasteiger partial charge on any atom is -0.352 e. The number of pyridine rings is 1. The van der Waals surface area contributed by atoms with E-state index in [-0.39, 0.29) is 4.90 Å². The number of halogens is 1. The monoisotopic (exact) mass is 389 g/mol. The Kier molecular flexibility index (Phi) is 4.56. The topological polar surface area (TPSA) is 80.1 Å². The van der Waals surface area contributed by atoms with Crippen LogP contribution in [0, 0.1) is 5.82 Å². The van der Waals surface area contributed by atoms with Gasteiger partial charge in [-0.2, -0.15) is 0 Å². The highest BCUT2D eigenvalue weighted by Crippen LogP contribution is 2.29. The summed E-state index contributed by atoms with van der Waals surface area (Å²) in [5.41, 5.74) is 1.01. The second-order valence-electron chi connectivity index (χ2n) is 6.35. The van der Waals surface area contributed by atoms with Gasteiger partial charge >= 0.3 is 0 Å². The number of anilines is 1. The molecule has 1 fully saturated rings. The van der Waals surface area contributed by atoms with Gasteiger partial charge < -0.3 is 10.2 Å². The van der Waals surface area contributed by atoms with E-state index in [1.807, 2.05) is 6.92 Å². The Hall–Kier alpha value is -2.52. The number of rotatable bonds is 4. The summed E-state index contributed by atoms with van der Waals surface area (Å²) in [7, 11) is -3.98. The zero-order valence-electron chi connectivity index (χ0n) is 14.9. The van der Waals surface area contributed by atoms with Crippen molar-refractivity contribution >= 4 is 26.9 Å². The van der Waals surface area contributed by atoms with Gasteiger partial charge in [-0.3, -0.25) is 0 Å². The number of nitrogens with one attached hydrogen (secondary N) is 1. The third kappa shape index (κ3) is 3.06. The molecule has 0 saturated carbocycles. The molecule has 4 rings (SSSR count). The molecule has 7 nitrogen and oxygen atoms in total. The van der Waals surface area contributed by atoms with E-state index in [0.717, 1.165) is 32.2 Å². The molecule has 0 bridgehead atoms. The third-order valence-electron chi connectivity index (χ3n) is 4.64. The standard InChI is InChI=1S/C18H20FN5O2S/c1-2-16-22-17-15(6-7-21-18(17)23-10-8-20-9-11-23)24(16)27(25,26)14-5-3-4-13(19)12-14/h3-7,12,20H,2,8-11H2,1H3. The molecule has 3 heterocycles. The summed E-state index contributed by atoms with van der Waals surface area (Å²) in [6.45, 7) is 5.06. The van der Waals surface area contributed by atoms with Crippen LogP contribution in [0.5, 0.6) is 0 Å². The number of hydrogen-bond acceptors (Lipinski definition) is 6. The summed E-state index contributed by atoms with van der Waals surface area (Å²) in [6.07, 6.45) is 2.02. The van der Waals surface area contributed by atoms with Crippen LogP contribution < -0.4 is 10.2 Å². The fourth-order valence-corrected chi connectivity index (χ4v) is 4.93. The van der Waals surface area contributed by atoms with Crippen LogP contribution in [0.4, 0.5) is 10.2 Å². The van der Waals surface area contributed by atoms with Crippen molar-refractivity contribution in [3.63, 3.8) is 0 Å². The predicted octanol–water partition coefficient (Wildman–Crippen LogP) is 1.78. The molecule has 1 aromatic carbocycles. The minimum atomic E-state index is -3.98. The van der Waals surface area contributed by atoms with Crippen LogP contribution in [-0.4, -0.2) is 48.5 Å². The maximum Gasteiger partial charge on any atom is 0.269 e. The maximum absolute atomic E-state index is 13.6. The van der Waals surface area contributed by atoms with Gasteiger partial charge in [0.05, 0.1) is 10.4 Å². The lowest BCUT2D eigenvalue weighted by atomic mass is 10.3. The summed E-state index contributed by atoms with van der Waals surface area (Å²) >= 11 is 0. The van der Waals surface area contributed by atoms with Crippen molar-refractivity contribution in [2.75, 3.05) is 31.1 Å². The zero-order valence-corrected chi connectivity index (χ0v) is 15.7. The second kappa shape index (κ2) is 6.90. The van der Waals surface area contributed by atoms with Crippen LogP contribution >= 0.6 is 0 Å². The Labute approximate surface area is 156 Å². The van der Waals surface area contributed by atoms with E-state index in [1.54, 1.807) is 12.3 Å². The maximum atomic E-state index is 13.6. The van der Waals surface area contributed by atoms with Gasteiger partial charge in [0.15, 0.2) is 5.82 Å². The minimum absolute atomic E-state index is 0.1000. The third-order valence-corrected chi connectivity index (χ3v) is 6.38. The summed E-state index contributed by atoms with van der Waals surface area (Å²) in [5, 5.41) is 3.28. The molecule has 0 amide bonds.